The van der Waals surface area contributed by atoms with Crippen molar-refractivity contribution in [1.82, 2.24) is 4.90 Å². The van der Waals surface area contributed by atoms with E-state index < -0.39 is 0 Å². The van der Waals surface area contributed by atoms with Crippen molar-refractivity contribution in [2.75, 3.05) is 11.9 Å². The number of rotatable bonds is 7. The van der Waals surface area contributed by atoms with Gasteiger partial charge in [-0.25, -0.2) is 0 Å². The molecule has 1 N–H and O–H groups in total. The predicted molar refractivity (Wildman–Crippen MR) is 129 cm³/mol. The van der Waals surface area contributed by atoms with Gasteiger partial charge in [0.2, 0.25) is 5.91 Å². The molecule has 1 fully saturated rings. The summed E-state index contributed by atoms with van der Waals surface area (Å²) in [5.74, 6) is -0.140. The van der Waals surface area contributed by atoms with Gasteiger partial charge in [-0.2, -0.15) is 0 Å². The summed E-state index contributed by atoms with van der Waals surface area (Å²) in [4.78, 5) is 27.2. The fourth-order valence-electron chi connectivity index (χ4n) is 3.26. The second-order valence-corrected chi connectivity index (χ2v) is 9.07. The molecule has 0 spiro atoms. The highest BCUT2D eigenvalue weighted by Crippen LogP contribution is 2.32. The van der Waals surface area contributed by atoms with Crippen LogP contribution in [-0.4, -0.2) is 27.6 Å². The summed E-state index contributed by atoms with van der Waals surface area (Å²) < 4.78 is 0.547. The first-order valence-corrected chi connectivity index (χ1v) is 11.3. The molecule has 156 valence electrons. The first kappa shape index (κ1) is 22.2. The Morgan fingerprint density at radius 3 is 2.57 bits per heavy atom. The number of anilines is 1. The van der Waals surface area contributed by atoms with E-state index in [1.165, 1.54) is 17.3 Å². The molecule has 4 nitrogen and oxygen atoms in total. The maximum Gasteiger partial charge on any atom is 0.266 e. The van der Waals surface area contributed by atoms with Gasteiger partial charge in [0, 0.05) is 18.7 Å². The number of hydrogen-bond acceptors (Lipinski definition) is 4. The molecule has 1 saturated heterocycles. The maximum atomic E-state index is 12.7. The summed E-state index contributed by atoms with van der Waals surface area (Å²) in [5.41, 5.74) is 5.28. The minimum atomic E-state index is -0.0839. The Morgan fingerprint density at radius 1 is 1.17 bits per heavy atom. The number of aryl methyl sites for hydroxylation is 3. The van der Waals surface area contributed by atoms with Crippen LogP contribution >= 0.6 is 24.0 Å². The Labute approximate surface area is 187 Å². The van der Waals surface area contributed by atoms with Crippen LogP contribution in [0.15, 0.2) is 47.4 Å². The third kappa shape index (κ3) is 5.58. The molecular formula is C24H26N2O2S2. The second kappa shape index (κ2) is 10.0. The third-order valence-electron chi connectivity index (χ3n) is 5.00. The van der Waals surface area contributed by atoms with Gasteiger partial charge >= 0.3 is 0 Å². The van der Waals surface area contributed by atoms with E-state index in [1.807, 2.05) is 50.3 Å². The molecule has 2 aromatic rings. The van der Waals surface area contributed by atoms with Gasteiger partial charge in [-0.05, 0) is 55.5 Å². The fourth-order valence-corrected chi connectivity index (χ4v) is 4.57. The number of thioether (sulfide) groups is 1. The van der Waals surface area contributed by atoms with E-state index in [0.29, 0.717) is 28.6 Å². The number of carbonyl (C=O) groups excluding carboxylic acids is 2. The summed E-state index contributed by atoms with van der Waals surface area (Å²) in [6.07, 6.45) is 3.76. The summed E-state index contributed by atoms with van der Waals surface area (Å²) in [7, 11) is 0. The van der Waals surface area contributed by atoms with Crippen LogP contribution in [0, 0.1) is 13.8 Å². The number of amides is 2. The standard InChI is InChI=1S/C24H26N2O2S2/c1-4-18-8-10-19(11-9-18)15-21-23(28)26(24(29)30-21)13-5-6-22(27)25-20-12-7-16(2)14-17(20)3/h7-12,14-15H,4-6,13H2,1-3H3,(H,25,27)/b21-15+. The van der Waals surface area contributed by atoms with Crippen molar-refractivity contribution in [2.45, 2.75) is 40.0 Å². The Balaban J connectivity index is 1.54. The number of nitrogens with zero attached hydrogens (tertiary/aromatic N) is 1. The fraction of sp³-hybridized carbons (Fsp3) is 0.292. The van der Waals surface area contributed by atoms with Crippen LogP contribution in [0.2, 0.25) is 0 Å². The highest BCUT2D eigenvalue weighted by molar-refractivity contribution is 8.26. The SMILES string of the molecule is CCc1ccc(/C=C2/SC(=S)N(CCCC(=O)Nc3ccc(C)cc3C)C2=O)cc1. The molecule has 0 atom stereocenters. The number of benzene rings is 2. The number of hydrogen-bond donors (Lipinski definition) is 1. The van der Waals surface area contributed by atoms with Gasteiger partial charge in [0.25, 0.3) is 5.91 Å². The van der Waals surface area contributed by atoms with Crippen molar-refractivity contribution in [2.24, 2.45) is 0 Å². The number of nitrogens with one attached hydrogen (secondary N) is 1. The van der Waals surface area contributed by atoms with Crippen LogP contribution in [0.25, 0.3) is 6.08 Å². The third-order valence-corrected chi connectivity index (χ3v) is 6.38. The maximum absolute atomic E-state index is 12.7. The minimum Gasteiger partial charge on any atom is -0.326 e. The van der Waals surface area contributed by atoms with Gasteiger partial charge in [0.1, 0.15) is 4.32 Å². The normalized spacial score (nSPS) is 15.2. The zero-order valence-electron chi connectivity index (χ0n) is 17.5. The molecule has 1 aliphatic rings. The summed E-state index contributed by atoms with van der Waals surface area (Å²) >= 11 is 6.71. The number of thiocarbonyl (C=S) groups is 1. The largest absolute Gasteiger partial charge is 0.326 e. The molecule has 2 amide bonds. The van der Waals surface area contributed by atoms with E-state index in [-0.39, 0.29) is 11.8 Å². The quantitative estimate of drug-likeness (QED) is 0.459. The molecule has 0 aromatic heterocycles. The van der Waals surface area contributed by atoms with Crippen LogP contribution in [0.3, 0.4) is 0 Å². The average Bonchev–Trinajstić information content (AvgIpc) is 2.98. The smallest absolute Gasteiger partial charge is 0.266 e. The molecule has 0 aliphatic carbocycles. The molecule has 0 unspecified atom stereocenters. The van der Waals surface area contributed by atoms with Crippen molar-refractivity contribution >= 4 is 51.9 Å². The van der Waals surface area contributed by atoms with Gasteiger partial charge in [-0.1, -0.05) is 72.9 Å². The topological polar surface area (TPSA) is 49.4 Å². The van der Waals surface area contributed by atoms with Gasteiger partial charge in [0.05, 0.1) is 4.91 Å². The van der Waals surface area contributed by atoms with Gasteiger partial charge < -0.3 is 5.32 Å². The van der Waals surface area contributed by atoms with E-state index in [2.05, 4.69) is 24.4 Å². The Morgan fingerprint density at radius 2 is 1.90 bits per heavy atom. The molecule has 0 saturated carbocycles. The summed E-state index contributed by atoms with van der Waals surface area (Å²) in [6, 6.07) is 14.1. The monoisotopic (exact) mass is 438 g/mol. The first-order valence-electron chi connectivity index (χ1n) is 10.1. The van der Waals surface area contributed by atoms with Crippen molar-refractivity contribution in [3.63, 3.8) is 0 Å². The molecule has 2 aromatic carbocycles. The van der Waals surface area contributed by atoms with E-state index in [0.717, 1.165) is 28.8 Å². The lowest BCUT2D eigenvalue weighted by Crippen LogP contribution is -2.29. The first-order chi connectivity index (χ1) is 14.4. The molecule has 1 heterocycles. The zero-order chi connectivity index (χ0) is 21.7. The Hall–Kier alpha value is -2.44. The van der Waals surface area contributed by atoms with Crippen LogP contribution in [0.1, 0.15) is 42.0 Å². The van der Waals surface area contributed by atoms with E-state index in [4.69, 9.17) is 12.2 Å². The van der Waals surface area contributed by atoms with Crippen LogP contribution in [0.5, 0.6) is 0 Å². The Bertz CT molecular complexity index is 997. The number of carbonyl (C=O) groups is 2. The predicted octanol–water partition coefficient (Wildman–Crippen LogP) is 5.49. The van der Waals surface area contributed by atoms with Gasteiger partial charge in [-0.3, -0.25) is 14.5 Å². The zero-order valence-corrected chi connectivity index (χ0v) is 19.2. The molecular weight excluding hydrogens is 412 g/mol. The van der Waals surface area contributed by atoms with E-state index in [1.54, 1.807) is 4.90 Å². The van der Waals surface area contributed by atoms with Crippen molar-refractivity contribution in [3.05, 3.63) is 69.6 Å². The lowest BCUT2D eigenvalue weighted by Gasteiger charge is -2.14. The molecule has 6 heteroatoms. The minimum absolute atomic E-state index is 0.0565. The molecule has 3 rings (SSSR count). The van der Waals surface area contributed by atoms with Gasteiger partial charge in [0.15, 0.2) is 0 Å². The highest BCUT2D eigenvalue weighted by Gasteiger charge is 2.31. The van der Waals surface area contributed by atoms with Crippen LogP contribution < -0.4 is 5.32 Å². The Kier molecular flexibility index (Phi) is 7.45. The molecule has 1 aliphatic heterocycles. The molecule has 0 bridgehead atoms. The van der Waals surface area contributed by atoms with Crippen molar-refractivity contribution in [1.29, 1.82) is 0 Å². The van der Waals surface area contributed by atoms with Crippen molar-refractivity contribution in [3.8, 4) is 0 Å². The van der Waals surface area contributed by atoms with Crippen LogP contribution in [-0.2, 0) is 16.0 Å². The van der Waals surface area contributed by atoms with Gasteiger partial charge in [-0.15, -0.1) is 0 Å². The lowest BCUT2D eigenvalue weighted by molar-refractivity contribution is -0.122. The molecule has 30 heavy (non-hydrogen) atoms. The van der Waals surface area contributed by atoms with E-state index in [9.17, 15) is 9.59 Å². The van der Waals surface area contributed by atoms with E-state index >= 15 is 0 Å². The average molecular weight is 439 g/mol. The second-order valence-electron chi connectivity index (χ2n) is 7.40. The lowest BCUT2D eigenvalue weighted by atomic mass is 10.1. The highest BCUT2D eigenvalue weighted by atomic mass is 32.2. The molecule has 0 radical (unpaired) electrons. The van der Waals surface area contributed by atoms with Crippen molar-refractivity contribution < 1.29 is 9.59 Å². The van der Waals surface area contributed by atoms with Crippen LogP contribution in [0.4, 0.5) is 5.69 Å². The summed E-state index contributed by atoms with van der Waals surface area (Å²) in [5, 5.41) is 2.94. The summed E-state index contributed by atoms with van der Waals surface area (Å²) in [6.45, 7) is 6.56.